The van der Waals surface area contributed by atoms with Gasteiger partial charge < -0.3 is 4.74 Å². The average Bonchev–Trinajstić information content (AvgIpc) is 2.79. The van der Waals surface area contributed by atoms with Crippen LogP contribution in [0, 0.1) is 22.7 Å². The van der Waals surface area contributed by atoms with Crippen molar-refractivity contribution in [2.75, 3.05) is 0 Å². The van der Waals surface area contributed by atoms with Gasteiger partial charge in [-0.25, -0.2) is 0 Å². The van der Waals surface area contributed by atoms with Gasteiger partial charge in [-0.1, -0.05) is 66.7 Å². The maximum atomic E-state index is 12.2. The molecule has 0 aromatic rings. The van der Waals surface area contributed by atoms with E-state index in [1.54, 1.807) is 0 Å². The fourth-order valence-corrected chi connectivity index (χ4v) is 4.88. The van der Waals surface area contributed by atoms with E-state index in [1.807, 2.05) is 0 Å². The second-order valence-corrected chi connectivity index (χ2v) is 9.29. The molecule has 0 N–H and O–H groups in total. The summed E-state index contributed by atoms with van der Waals surface area (Å²) in [7, 11) is 0. The SMILES string of the molecule is CC(C)CCCCCCCC(=O)O[C@H]1C[C@H]2CC[C@]1(C)C2(C)C. The van der Waals surface area contributed by atoms with Gasteiger partial charge in [0.25, 0.3) is 0 Å². The Morgan fingerprint density at radius 1 is 1.09 bits per heavy atom. The van der Waals surface area contributed by atoms with E-state index in [2.05, 4.69) is 34.6 Å². The lowest BCUT2D eigenvalue weighted by Gasteiger charge is -2.38. The topological polar surface area (TPSA) is 26.3 Å². The van der Waals surface area contributed by atoms with E-state index in [-0.39, 0.29) is 17.5 Å². The smallest absolute Gasteiger partial charge is 0.306 e. The Labute approximate surface area is 143 Å². The Kier molecular flexibility index (Phi) is 6.19. The third kappa shape index (κ3) is 4.12. The second-order valence-electron chi connectivity index (χ2n) is 9.29. The first-order valence-corrected chi connectivity index (χ1v) is 9.97. The molecular weight excluding hydrogens is 284 g/mol. The summed E-state index contributed by atoms with van der Waals surface area (Å²) in [6.45, 7) is 11.7. The van der Waals surface area contributed by atoms with Crippen molar-refractivity contribution in [2.45, 2.75) is 105 Å². The number of hydrogen-bond acceptors (Lipinski definition) is 2. The minimum atomic E-state index is 0.0433. The molecule has 134 valence electrons. The van der Waals surface area contributed by atoms with Crippen LogP contribution >= 0.6 is 0 Å². The molecule has 0 radical (unpaired) electrons. The summed E-state index contributed by atoms with van der Waals surface area (Å²) in [6.07, 6.45) is 11.8. The molecular formula is C21H38O2. The standard InChI is InChI=1S/C21H38O2/c1-16(2)11-9-7-6-8-10-12-19(22)23-18-15-17-13-14-21(18,5)20(17,3)4/h16-18H,6-15H2,1-5H3/t17-,18+,21+/m1/s1. The molecule has 2 fully saturated rings. The third-order valence-corrected chi connectivity index (χ3v) is 7.15. The monoisotopic (exact) mass is 322 g/mol. The molecule has 0 heterocycles. The number of carbonyl (C=O) groups excluding carboxylic acids is 1. The summed E-state index contributed by atoms with van der Waals surface area (Å²) in [5, 5.41) is 0. The predicted molar refractivity (Wildman–Crippen MR) is 96.3 cm³/mol. The Balaban J connectivity index is 1.61. The quantitative estimate of drug-likeness (QED) is 0.377. The Bertz CT molecular complexity index is 399. The zero-order valence-electron chi connectivity index (χ0n) is 16.1. The molecule has 0 spiro atoms. The van der Waals surface area contributed by atoms with Crippen molar-refractivity contribution in [3.63, 3.8) is 0 Å². The van der Waals surface area contributed by atoms with Crippen molar-refractivity contribution in [3.8, 4) is 0 Å². The first kappa shape index (κ1) is 18.8. The van der Waals surface area contributed by atoms with Crippen LogP contribution in [0.5, 0.6) is 0 Å². The van der Waals surface area contributed by atoms with Crippen molar-refractivity contribution < 1.29 is 9.53 Å². The molecule has 2 rings (SSSR count). The van der Waals surface area contributed by atoms with Gasteiger partial charge in [0.15, 0.2) is 0 Å². The summed E-state index contributed by atoms with van der Waals surface area (Å²) in [5.74, 6) is 1.60. The lowest BCUT2D eigenvalue weighted by Crippen LogP contribution is -2.38. The highest BCUT2D eigenvalue weighted by molar-refractivity contribution is 5.69. The lowest BCUT2D eigenvalue weighted by molar-refractivity contribution is -0.157. The normalized spacial score (nSPS) is 31.7. The van der Waals surface area contributed by atoms with E-state index in [0.717, 1.165) is 24.7 Å². The highest BCUT2D eigenvalue weighted by Crippen LogP contribution is 2.66. The summed E-state index contributed by atoms with van der Waals surface area (Å²) in [5.41, 5.74) is 0.526. The van der Waals surface area contributed by atoms with Crippen LogP contribution in [-0.4, -0.2) is 12.1 Å². The van der Waals surface area contributed by atoms with Gasteiger partial charge in [-0.05, 0) is 42.9 Å². The van der Waals surface area contributed by atoms with Gasteiger partial charge >= 0.3 is 5.97 Å². The van der Waals surface area contributed by atoms with Crippen LogP contribution in [0.2, 0.25) is 0 Å². The molecule has 2 bridgehead atoms. The Morgan fingerprint density at radius 2 is 1.74 bits per heavy atom. The summed E-state index contributed by atoms with van der Waals surface area (Å²) >= 11 is 0. The van der Waals surface area contributed by atoms with Crippen LogP contribution in [-0.2, 0) is 9.53 Å². The Hall–Kier alpha value is -0.530. The van der Waals surface area contributed by atoms with E-state index in [4.69, 9.17) is 4.74 Å². The fraction of sp³-hybridized carbons (Fsp3) is 0.952. The van der Waals surface area contributed by atoms with E-state index in [9.17, 15) is 4.79 Å². The van der Waals surface area contributed by atoms with Crippen molar-refractivity contribution in [3.05, 3.63) is 0 Å². The molecule has 23 heavy (non-hydrogen) atoms. The number of fused-ring (bicyclic) bond motifs is 2. The van der Waals surface area contributed by atoms with E-state index >= 15 is 0 Å². The molecule has 2 aliphatic rings. The maximum absolute atomic E-state index is 12.2. The molecule has 0 aromatic carbocycles. The van der Waals surface area contributed by atoms with Gasteiger partial charge in [-0.3, -0.25) is 4.79 Å². The molecule has 2 heteroatoms. The first-order chi connectivity index (χ1) is 10.8. The number of hydrogen-bond donors (Lipinski definition) is 0. The van der Waals surface area contributed by atoms with Crippen LogP contribution < -0.4 is 0 Å². The number of ether oxygens (including phenoxy) is 1. The molecule has 0 amide bonds. The minimum absolute atomic E-state index is 0.0433. The maximum Gasteiger partial charge on any atom is 0.306 e. The van der Waals surface area contributed by atoms with Crippen molar-refractivity contribution in [2.24, 2.45) is 22.7 Å². The highest BCUT2D eigenvalue weighted by atomic mass is 16.5. The van der Waals surface area contributed by atoms with Crippen LogP contribution in [0.1, 0.15) is 98.8 Å². The highest BCUT2D eigenvalue weighted by Gasteiger charge is 2.62. The fourth-order valence-electron chi connectivity index (χ4n) is 4.88. The van der Waals surface area contributed by atoms with Crippen molar-refractivity contribution in [1.82, 2.24) is 0 Å². The zero-order chi connectivity index (χ0) is 17.1. The average molecular weight is 323 g/mol. The predicted octanol–water partition coefficient (Wildman–Crippen LogP) is 6.13. The van der Waals surface area contributed by atoms with E-state index < -0.39 is 0 Å². The molecule has 2 aliphatic carbocycles. The molecule has 0 unspecified atom stereocenters. The molecule has 0 saturated heterocycles. The molecule has 2 saturated carbocycles. The van der Waals surface area contributed by atoms with Gasteiger partial charge in [-0.2, -0.15) is 0 Å². The van der Waals surface area contributed by atoms with E-state index in [1.165, 1.54) is 44.9 Å². The first-order valence-electron chi connectivity index (χ1n) is 9.97. The Morgan fingerprint density at radius 3 is 2.30 bits per heavy atom. The third-order valence-electron chi connectivity index (χ3n) is 7.15. The van der Waals surface area contributed by atoms with Gasteiger partial charge in [0.1, 0.15) is 6.10 Å². The van der Waals surface area contributed by atoms with E-state index in [0.29, 0.717) is 11.8 Å². The van der Waals surface area contributed by atoms with Gasteiger partial charge in [0.05, 0.1) is 0 Å². The van der Waals surface area contributed by atoms with Crippen LogP contribution in [0.15, 0.2) is 0 Å². The minimum Gasteiger partial charge on any atom is -0.462 e. The lowest BCUT2D eigenvalue weighted by atomic mass is 9.70. The molecule has 2 nitrogen and oxygen atoms in total. The van der Waals surface area contributed by atoms with Crippen molar-refractivity contribution >= 4 is 5.97 Å². The largest absolute Gasteiger partial charge is 0.462 e. The van der Waals surface area contributed by atoms with Gasteiger partial charge in [0.2, 0.25) is 0 Å². The van der Waals surface area contributed by atoms with Crippen molar-refractivity contribution in [1.29, 1.82) is 0 Å². The zero-order valence-corrected chi connectivity index (χ0v) is 16.1. The van der Waals surface area contributed by atoms with Crippen LogP contribution in [0.25, 0.3) is 0 Å². The molecule has 3 atom stereocenters. The second kappa shape index (κ2) is 7.57. The summed E-state index contributed by atoms with van der Waals surface area (Å²) in [4.78, 5) is 12.2. The van der Waals surface area contributed by atoms with Crippen LogP contribution in [0.4, 0.5) is 0 Å². The van der Waals surface area contributed by atoms with Gasteiger partial charge in [0, 0.05) is 11.8 Å². The molecule has 0 aliphatic heterocycles. The summed E-state index contributed by atoms with van der Waals surface area (Å²) < 4.78 is 5.90. The van der Waals surface area contributed by atoms with Crippen LogP contribution in [0.3, 0.4) is 0 Å². The van der Waals surface area contributed by atoms with Gasteiger partial charge in [-0.15, -0.1) is 0 Å². The molecule has 0 aromatic heterocycles. The number of rotatable bonds is 9. The number of carbonyl (C=O) groups is 1. The number of esters is 1. The summed E-state index contributed by atoms with van der Waals surface area (Å²) in [6, 6.07) is 0. The number of unbranched alkanes of at least 4 members (excludes halogenated alkanes) is 4.